The van der Waals surface area contributed by atoms with Crippen LogP contribution in [0.3, 0.4) is 0 Å². The zero-order valence-electron chi connectivity index (χ0n) is 11.6. The van der Waals surface area contributed by atoms with Gasteiger partial charge in [-0.15, -0.1) is 0 Å². The van der Waals surface area contributed by atoms with Crippen LogP contribution >= 0.6 is 0 Å². The first kappa shape index (κ1) is 17.4. The number of amides is 2. The fraction of sp³-hybridized carbons (Fsp3) is 0.750. The van der Waals surface area contributed by atoms with Crippen molar-refractivity contribution in [2.45, 2.75) is 52.3 Å². The maximum absolute atomic E-state index is 11.9. The molecule has 4 N–H and O–H groups in total. The Hall–Kier alpha value is -1.63. The number of nitrogens with one attached hydrogen (secondary N) is 2. The van der Waals surface area contributed by atoms with E-state index in [0.29, 0.717) is 0 Å². The highest BCUT2D eigenvalue weighted by Crippen LogP contribution is 2.03. The Bertz CT molecular complexity index is 341. The standard InChI is InChI=1S/C12H22N2O5/c1-6(2)10(14-9(16)5-7(3)15)11(17)13-8(4)12(18)19/h6-8,10,15H,5H2,1-4H3,(H,13,17)(H,14,16)(H,18,19)/t7?,8-,10-/m0/s1. The van der Waals surface area contributed by atoms with Crippen molar-refractivity contribution in [1.29, 1.82) is 0 Å². The molecule has 0 rings (SSSR count). The second kappa shape index (κ2) is 7.73. The summed E-state index contributed by atoms with van der Waals surface area (Å²) in [5.74, 6) is -2.35. The fourth-order valence-corrected chi connectivity index (χ4v) is 1.40. The highest BCUT2D eigenvalue weighted by atomic mass is 16.4. The molecule has 0 radical (unpaired) electrons. The van der Waals surface area contributed by atoms with E-state index in [1.165, 1.54) is 13.8 Å². The molecule has 0 bridgehead atoms. The summed E-state index contributed by atoms with van der Waals surface area (Å²) in [5.41, 5.74) is 0. The molecule has 3 atom stereocenters. The number of carbonyl (C=O) groups excluding carboxylic acids is 2. The molecule has 0 aromatic carbocycles. The van der Waals surface area contributed by atoms with Crippen molar-refractivity contribution in [3.63, 3.8) is 0 Å². The summed E-state index contributed by atoms with van der Waals surface area (Å²) in [6.45, 7) is 6.28. The van der Waals surface area contributed by atoms with Gasteiger partial charge in [-0.1, -0.05) is 13.8 Å². The molecule has 0 aliphatic carbocycles. The molecule has 0 fully saturated rings. The summed E-state index contributed by atoms with van der Waals surface area (Å²) in [6, 6.07) is -1.85. The Morgan fingerprint density at radius 3 is 1.95 bits per heavy atom. The zero-order chi connectivity index (χ0) is 15.2. The Balaban J connectivity index is 4.60. The van der Waals surface area contributed by atoms with E-state index < -0.39 is 36.0 Å². The van der Waals surface area contributed by atoms with Gasteiger partial charge >= 0.3 is 5.97 Å². The van der Waals surface area contributed by atoms with Gasteiger partial charge in [-0.05, 0) is 19.8 Å². The lowest BCUT2D eigenvalue weighted by Crippen LogP contribution is -2.53. The van der Waals surface area contributed by atoms with Crippen LogP contribution in [0.15, 0.2) is 0 Å². The highest BCUT2D eigenvalue weighted by molar-refractivity contribution is 5.90. The SMILES string of the molecule is CC(O)CC(=O)N[C@H](C(=O)N[C@@H](C)C(=O)O)C(C)C. The summed E-state index contributed by atoms with van der Waals surface area (Å²) in [4.78, 5) is 34.1. The Kier molecular flexibility index (Phi) is 7.06. The Morgan fingerprint density at radius 1 is 1.05 bits per heavy atom. The number of carboxylic acid groups (broad SMARTS) is 1. The third kappa shape index (κ3) is 6.76. The van der Waals surface area contributed by atoms with Gasteiger partial charge in [-0.2, -0.15) is 0 Å². The normalized spacial score (nSPS) is 15.5. The van der Waals surface area contributed by atoms with Crippen LogP contribution in [0.2, 0.25) is 0 Å². The van der Waals surface area contributed by atoms with Crippen molar-refractivity contribution >= 4 is 17.8 Å². The number of carbonyl (C=O) groups is 3. The number of aliphatic hydroxyl groups is 1. The number of rotatable bonds is 7. The largest absolute Gasteiger partial charge is 0.480 e. The number of hydrogen-bond acceptors (Lipinski definition) is 4. The van der Waals surface area contributed by atoms with Crippen LogP contribution in [0.1, 0.15) is 34.1 Å². The van der Waals surface area contributed by atoms with Crippen LogP contribution in [0, 0.1) is 5.92 Å². The van der Waals surface area contributed by atoms with Gasteiger partial charge in [0.1, 0.15) is 12.1 Å². The zero-order valence-corrected chi connectivity index (χ0v) is 11.6. The molecule has 110 valence electrons. The lowest BCUT2D eigenvalue weighted by Gasteiger charge is -2.23. The van der Waals surface area contributed by atoms with Gasteiger partial charge in [-0.3, -0.25) is 14.4 Å². The van der Waals surface area contributed by atoms with Crippen LogP contribution in [0.25, 0.3) is 0 Å². The maximum atomic E-state index is 11.9. The van der Waals surface area contributed by atoms with E-state index in [0.717, 1.165) is 0 Å². The molecule has 0 aromatic heterocycles. The molecule has 19 heavy (non-hydrogen) atoms. The molecule has 7 nitrogen and oxygen atoms in total. The van der Waals surface area contributed by atoms with E-state index >= 15 is 0 Å². The Morgan fingerprint density at radius 2 is 1.58 bits per heavy atom. The van der Waals surface area contributed by atoms with E-state index in [2.05, 4.69) is 10.6 Å². The third-order valence-electron chi connectivity index (χ3n) is 2.48. The molecule has 0 heterocycles. The minimum Gasteiger partial charge on any atom is -0.480 e. The van der Waals surface area contributed by atoms with Crippen LogP contribution in [-0.4, -0.2) is 46.2 Å². The van der Waals surface area contributed by atoms with Gasteiger partial charge in [0.05, 0.1) is 12.5 Å². The van der Waals surface area contributed by atoms with Crippen molar-refractivity contribution in [1.82, 2.24) is 10.6 Å². The first-order chi connectivity index (χ1) is 8.65. The molecule has 0 aromatic rings. The number of carboxylic acids is 1. The van der Waals surface area contributed by atoms with Gasteiger partial charge in [0.15, 0.2) is 0 Å². The lowest BCUT2D eigenvalue weighted by molar-refractivity contribution is -0.142. The molecule has 0 spiro atoms. The van der Waals surface area contributed by atoms with E-state index in [9.17, 15) is 14.4 Å². The first-order valence-corrected chi connectivity index (χ1v) is 6.15. The molecular weight excluding hydrogens is 252 g/mol. The van der Waals surface area contributed by atoms with Gasteiger partial charge in [-0.25, -0.2) is 0 Å². The topological polar surface area (TPSA) is 116 Å². The maximum Gasteiger partial charge on any atom is 0.325 e. The molecule has 7 heteroatoms. The molecule has 0 saturated heterocycles. The summed E-state index contributed by atoms with van der Waals surface area (Å²) >= 11 is 0. The van der Waals surface area contributed by atoms with Gasteiger partial charge in [0.2, 0.25) is 11.8 Å². The van der Waals surface area contributed by atoms with Gasteiger partial charge in [0, 0.05) is 0 Å². The van der Waals surface area contributed by atoms with Gasteiger partial charge < -0.3 is 20.8 Å². The number of hydrogen-bond donors (Lipinski definition) is 4. The van der Waals surface area contributed by atoms with E-state index in [4.69, 9.17) is 10.2 Å². The second-order valence-electron chi connectivity index (χ2n) is 4.91. The molecule has 2 amide bonds. The van der Waals surface area contributed by atoms with Crippen LogP contribution in [-0.2, 0) is 14.4 Å². The summed E-state index contributed by atoms with van der Waals surface area (Å²) in [5, 5.41) is 22.6. The van der Waals surface area contributed by atoms with Crippen molar-refractivity contribution in [2.75, 3.05) is 0 Å². The number of aliphatic hydroxyl groups excluding tert-OH is 1. The van der Waals surface area contributed by atoms with Crippen LogP contribution in [0.5, 0.6) is 0 Å². The molecule has 1 unspecified atom stereocenters. The quantitative estimate of drug-likeness (QED) is 0.499. The monoisotopic (exact) mass is 274 g/mol. The summed E-state index contributed by atoms with van der Waals surface area (Å²) in [7, 11) is 0. The molecule has 0 aliphatic heterocycles. The predicted octanol–water partition coefficient (Wildman–Crippen LogP) is -0.513. The third-order valence-corrected chi connectivity index (χ3v) is 2.48. The molecule has 0 saturated carbocycles. The fourth-order valence-electron chi connectivity index (χ4n) is 1.40. The first-order valence-electron chi connectivity index (χ1n) is 6.15. The summed E-state index contributed by atoms with van der Waals surface area (Å²) in [6.07, 6.45) is -0.904. The van der Waals surface area contributed by atoms with Crippen molar-refractivity contribution in [2.24, 2.45) is 5.92 Å². The van der Waals surface area contributed by atoms with Crippen LogP contribution < -0.4 is 10.6 Å². The minimum atomic E-state index is -1.15. The molecule has 0 aliphatic rings. The predicted molar refractivity (Wildman–Crippen MR) is 68.3 cm³/mol. The highest BCUT2D eigenvalue weighted by Gasteiger charge is 2.26. The van der Waals surface area contributed by atoms with Gasteiger partial charge in [0.25, 0.3) is 0 Å². The van der Waals surface area contributed by atoms with E-state index in [-0.39, 0.29) is 12.3 Å². The lowest BCUT2D eigenvalue weighted by atomic mass is 10.0. The average molecular weight is 274 g/mol. The van der Waals surface area contributed by atoms with Crippen molar-refractivity contribution in [3.05, 3.63) is 0 Å². The number of aliphatic carboxylic acids is 1. The van der Waals surface area contributed by atoms with Crippen molar-refractivity contribution < 1.29 is 24.6 Å². The van der Waals surface area contributed by atoms with E-state index in [1.54, 1.807) is 13.8 Å². The molecular formula is C12H22N2O5. The van der Waals surface area contributed by atoms with Crippen molar-refractivity contribution in [3.8, 4) is 0 Å². The second-order valence-corrected chi connectivity index (χ2v) is 4.91. The Labute approximate surface area is 112 Å². The van der Waals surface area contributed by atoms with E-state index in [1.807, 2.05) is 0 Å². The summed E-state index contributed by atoms with van der Waals surface area (Å²) < 4.78 is 0. The smallest absolute Gasteiger partial charge is 0.325 e. The van der Waals surface area contributed by atoms with Crippen LogP contribution in [0.4, 0.5) is 0 Å². The minimum absolute atomic E-state index is 0.106. The average Bonchev–Trinajstić information content (AvgIpc) is 2.23.